The van der Waals surface area contributed by atoms with Crippen LogP contribution in [0.5, 0.6) is 0 Å². The summed E-state index contributed by atoms with van der Waals surface area (Å²) in [5.41, 5.74) is 3.72. The summed E-state index contributed by atoms with van der Waals surface area (Å²) < 4.78 is 10.6. The minimum atomic E-state index is 0.322. The van der Waals surface area contributed by atoms with Crippen molar-refractivity contribution in [2.45, 2.75) is 26.7 Å². The molecule has 0 unspecified atom stereocenters. The number of allylic oxidation sites excluding steroid dienone is 2. The van der Waals surface area contributed by atoms with Gasteiger partial charge in [-0.15, -0.1) is 0 Å². The third kappa shape index (κ3) is 2.55. The zero-order chi connectivity index (χ0) is 12.1. The van der Waals surface area contributed by atoms with Crippen LogP contribution < -0.4 is 0 Å². The Kier molecular flexibility index (Phi) is 3.91. The molecule has 1 aromatic carbocycles. The maximum Gasteiger partial charge on any atom is 0.576 e. The van der Waals surface area contributed by atoms with Crippen molar-refractivity contribution in [3.05, 3.63) is 47.7 Å². The summed E-state index contributed by atoms with van der Waals surface area (Å²) in [5.74, 6) is 0.830. The lowest BCUT2D eigenvalue weighted by molar-refractivity contribution is 0.454. The van der Waals surface area contributed by atoms with Gasteiger partial charge in [-0.3, -0.25) is 0 Å². The first kappa shape index (κ1) is 11.8. The number of rotatable bonds is 4. The van der Waals surface area contributed by atoms with Gasteiger partial charge in [0.05, 0.1) is 0 Å². The van der Waals surface area contributed by atoms with E-state index in [1.807, 2.05) is 6.07 Å². The number of benzene rings is 1. The average Bonchev–Trinajstić information content (AvgIpc) is 2.90. The fourth-order valence-corrected chi connectivity index (χ4v) is 2.05. The van der Waals surface area contributed by atoms with Gasteiger partial charge in [0, 0.05) is 5.56 Å². The monoisotopic (exact) mass is 228 g/mol. The van der Waals surface area contributed by atoms with E-state index in [0.717, 1.165) is 24.2 Å². The molecule has 0 saturated heterocycles. The molecule has 2 nitrogen and oxygen atoms in total. The summed E-state index contributed by atoms with van der Waals surface area (Å²) in [5, 5.41) is 0. The molecule has 0 spiro atoms. The summed E-state index contributed by atoms with van der Waals surface area (Å²) in [6.45, 7) is 4.34. The van der Waals surface area contributed by atoms with Gasteiger partial charge in [-0.25, -0.2) is 0 Å². The van der Waals surface area contributed by atoms with Gasteiger partial charge in [-0.1, -0.05) is 44.2 Å². The standard InChI is InChI=1S/C14H17BO2/c1-3-7-11(4-2)12-8-5-6-9-13(12)14-10-16-15-17-14/h5-10,15H,3-4H2,1-2H3/b11-7+. The molecule has 0 N–H and O–H groups in total. The quantitative estimate of drug-likeness (QED) is 0.734. The second-order valence-electron chi connectivity index (χ2n) is 3.95. The minimum absolute atomic E-state index is 0.322. The van der Waals surface area contributed by atoms with E-state index in [4.69, 9.17) is 9.31 Å². The van der Waals surface area contributed by atoms with Crippen molar-refractivity contribution in [3.8, 4) is 0 Å². The van der Waals surface area contributed by atoms with E-state index in [9.17, 15) is 0 Å². The second kappa shape index (κ2) is 5.62. The van der Waals surface area contributed by atoms with Crippen LogP contribution in [0.15, 0.2) is 36.6 Å². The van der Waals surface area contributed by atoms with E-state index >= 15 is 0 Å². The molecule has 2 rings (SSSR count). The Bertz CT molecular complexity index is 449. The molecule has 0 aliphatic carbocycles. The zero-order valence-electron chi connectivity index (χ0n) is 10.4. The van der Waals surface area contributed by atoms with Crippen LogP contribution >= 0.6 is 0 Å². The molecular formula is C14H17BO2. The van der Waals surface area contributed by atoms with E-state index < -0.39 is 0 Å². The smallest absolute Gasteiger partial charge is 0.531 e. The molecule has 0 saturated carbocycles. The fraction of sp³-hybridized carbons (Fsp3) is 0.286. The van der Waals surface area contributed by atoms with Crippen LogP contribution in [0, 0.1) is 0 Å². The molecule has 17 heavy (non-hydrogen) atoms. The molecule has 1 aliphatic rings. The van der Waals surface area contributed by atoms with Gasteiger partial charge in [0.1, 0.15) is 12.0 Å². The molecule has 0 fully saturated rings. The second-order valence-corrected chi connectivity index (χ2v) is 3.95. The summed E-state index contributed by atoms with van der Waals surface area (Å²) in [6.07, 6.45) is 6.04. The summed E-state index contributed by atoms with van der Waals surface area (Å²) >= 11 is 0. The Morgan fingerprint density at radius 1 is 1.29 bits per heavy atom. The summed E-state index contributed by atoms with van der Waals surface area (Å²) in [6, 6.07) is 8.31. The highest BCUT2D eigenvalue weighted by Crippen LogP contribution is 2.29. The molecule has 0 radical (unpaired) electrons. The SMILES string of the molecule is CC/C=C(\CC)c1ccccc1C1=COBO1. The van der Waals surface area contributed by atoms with E-state index in [1.165, 1.54) is 11.1 Å². The van der Waals surface area contributed by atoms with Gasteiger partial charge in [-0.05, 0) is 24.0 Å². The highest BCUT2D eigenvalue weighted by molar-refractivity contribution is 6.22. The molecule has 1 aliphatic heterocycles. The van der Waals surface area contributed by atoms with Crippen LogP contribution in [-0.2, 0) is 9.31 Å². The van der Waals surface area contributed by atoms with Crippen molar-refractivity contribution in [3.63, 3.8) is 0 Å². The zero-order valence-corrected chi connectivity index (χ0v) is 10.4. The fourth-order valence-electron chi connectivity index (χ4n) is 2.05. The molecule has 0 atom stereocenters. The number of hydrogen-bond donors (Lipinski definition) is 0. The van der Waals surface area contributed by atoms with Crippen molar-refractivity contribution in [2.24, 2.45) is 0 Å². The van der Waals surface area contributed by atoms with Crippen LogP contribution in [-0.4, -0.2) is 7.69 Å². The predicted molar refractivity (Wildman–Crippen MR) is 72.3 cm³/mol. The van der Waals surface area contributed by atoms with E-state index in [1.54, 1.807) is 6.26 Å². The highest BCUT2D eigenvalue weighted by Gasteiger charge is 2.15. The maximum absolute atomic E-state index is 5.46. The van der Waals surface area contributed by atoms with Crippen LogP contribution in [0.3, 0.4) is 0 Å². The highest BCUT2D eigenvalue weighted by atomic mass is 16.6. The normalized spacial score (nSPS) is 14.7. The van der Waals surface area contributed by atoms with Crippen LogP contribution in [0.4, 0.5) is 0 Å². The first-order valence-electron chi connectivity index (χ1n) is 6.10. The van der Waals surface area contributed by atoms with Crippen molar-refractivity contribution in [2.75, 3.05) is 0 Å². The minimum Gasteiger partial charge on any atom is -0.531 e. The molecule has 0 aromatic heterocycles. The molecule has 3 heteroatoms. The van der Waals surface area contributed by atoms with Gasteiger partial charge >= 0.3 is 7.69 Å². The molecular weight excluding hydrogens is 211 g/mol. The molecule has 88 valence electrons. The Morgan fingerprint density at radius 3 is 2.76 bits per heavy atom. The average molecular weight is 228 g/mol. The lowest BCUT2D eigenvalue weighted by Gasteiger charge is -2.12. The lowest BCUT2D eigenvalue weighted by Crippen LogP contribution is -1.95. The van der Waals surface area contributed by atoms with E-state index in [0.29, 0.717) is 7.69 Å². The summed E-state index contributed by atoms with van der Waals surface area (Å²) in [7, 11) is 0.322. The van der Waals surface area contributed by atoms with E-state index in [2.05, 4.69) is 38.1 Å². The molecule has 0 amide bonds. The summed E-state index contributed by atoms with van der Waals surface area (Å²) in [4.78, 5) is 0. The van der Waals surface area contributed by atoms with Gasteiger partial charge in [-0.2, -0.15) is 0 Å². The first-order valence-corrected chi connectivity index (χ1v) is 6.10. The maximum atomic E-state index is 5.46. The Morgan fingerprint density at radius 2 is 2.12 bits per heavy atom. The molecule has 1 heterocycles. The van der Waals surface area contributed by atoms with Gasteiger partial charge in [0.15, 0.2) is 0 Å². The van der Waals surface area contributed by atoms with Gasteiger partial charge in [0.2, 0.25) is 0 Å². The lowest BCUT2D eigenvalue weighted by atomic mass is 9.96. The Labute approximate surface area is 103 Å². The Hall–Kier alpha value is -1.64. The molecule has 1 aromatic rings. The van der Waals surface area contributed by atoms with E-state index in [-0.39, 0.29) is 0 Å². The van der Waals surface area contributed by atoms with Crippen LogP contribution in [0.2, 0.25) is 0 Å². The predicted octanol–water partition coefficient (Wildman–Crippen LogP) is 3.50. The number of hydrogen-bond acceptors (Lipinski definition) is 2. The van der Waals surface area contributed by atoms with Crippen molar-refractivity contribution in [1.82, 2.24) is 0 Å². The largest absolute Gasteiger partial charge is 0.576 e. The van der Waals surface area contributed by atoms with Crippen molar-refractivity contribution < 1.29 is 9.31 Å². The molecule has 0 bridgehead atoms. The van der Waals surface area contributed by atoms with Gasteiger partial charge < -0.3 is 9.31 Å². The van der Waals surface area contributed by atoms with Crippen LogP contribution in [0.25, 0.3) is 11.3 Å². The van der Waals surface area contributed by atoms with Crippen molar-refractivity contribution in [1.29, 1.82) is 0 Å². The Balaban J connectivity index is 2.43. The van der Waals surface area contributed by atoms with Crippen molar-refractivity contribution >= 4 is 19.0 Å². The first-order chi connectivity index (χ1) is 8.36. The topological polar surface area (TPSA) is 18.5 Å². The third-order valence-electron chi connectivity index (χ3n) is 2.84. The van der Waals surface area contributed by atoms with Crippen LogP contribution in [0.1, 0.15) is 37.8 Å². The third-order valence-corrected chi connectivity index (χ3v) is 2.84. The van der Waals surface area contributed by atoms with Gasteiger partial charge in [0.25, 0.3) is 0 Å².